The van der Waals surface area contributed by atoms with Gasteiger partial charge in [-0.05, 0) is 33.3 Å². The van der Waals surface area contributed by atoms with Crippen LogP contribution >= 0.6 is 11.3 Å². The quantitative estimate of drug-likeness (QED) is 0.618. The van der Waals surface area contributed by atoms with Crippen molar-refractivity contribution in [3.05, 3.63) is 58.5 Å². The van der Waals surface area contributed by atoms with E-state index in [1.54, 1.807) is 22.0 Å². The van der Waals surface area contributed by atoms with Crippen LogP contribution < -0.4 is 5.32 Å². The summed E-state index contributed by atoms with van der Waals surface area (Å²) in [6, 6.07) is 8.22. The molecule has 1 atom stereocenters. The molecule has 32 heavy (non-hydrogen) atoms. The molecule has 3 heterocycles. The lowest BCUT2D eigenvalue weighted by atomic mass is 10.1. The van der Waals surface area contributed by atoms with E-state index < -0.39 is 6.23 Å². The molecule has 0 radical (unpaired) electrons. The largest absolute Gasteiger partial charge is 0.355 e. The minimum Gasteiger partial charge on any atom is -0.355 e. The van der Waals surface area contributed by atoms with Gasteiger partial charge in [0.05, 0.1) is 34.8 Å². The number of thiazole rings is 1. The highest BCUT2D eigenvalue weighted by Crippen LogP contribution is 2.32. The van der Waals surface area contributed by atoms with Crippen molar-refractivity contribution in [1.82, 2.24) is 25.0 Å². The minimum atomic E-state index is -0.543. The van der Waals surface area contributed by atoms with Gasteiger partial charge in [0.15, 0.2) is 0 Å². The number of hydrogen-bond donors (Lipinski definition) is 1. The van der Waals surface area contributed by atoms with Gasteiger partial charge in [0.1, 0.15) is 11.9 Å². The smallest absolute Gasteiger partial charge is 0.276 e. The molecule has 1 aromatic carbocycles. The van der Waals surface area contributed by atoms with Crippen LogP contribution in [0.5, 0.6) is 0 Å². The van der Waals surface area contributed by atoms with E-state index in [0.717, 1.165) is 21.0 Å². The molecule has 4 rings (SSSR count). The van der Waals surface area contributed by atoms with E-state index in [2.05, 4.69) is 21.5 Å². The summed E-state index contributed by atoms with van der Waals surface area (Å²) in [6.45, 7) is 8.98. The first kappa shape index (κ1) is 22.2. The molecule has 0 aliphatic carbocycles. The van der Waals surface area contributed by atoms with Crippen LogP contribution in [0.15, 0.2) is 36.7 Å². The van der Waals surface area contributed by atoms with Crippen LogP contribution in [0.4, 0.5) is 0 Å². The highest BCUT2D eigenvalue weighted by atomic mass is 32.1. The fourth-order valence-electron chi connectivity index (χ4n) is 3.63. The molecule has 1 saturated heterocycles. The van der Waals surface area contributed by atoms with Crippen molar-refractivity contribution >= 4 is 23.2 Å². The third-order valence-corrected chi connectivity index (χ3v) is 6.32. The zero-order valence-corrected chi connectivity index (χ0v) is 19.5. The molecule has 9 heteroatoms. The van der Waals surface area contributed by atoms with Crippen molar-refractivity contribution in [2.45, 2.75) is 40.0 Å². The first-order valence-corrected chi connectivity index (χ1v) is 11.4. The number of nitrogens with zero attached hydrogens (tertiary/aromatic N) is 4. The summed E-state index contributed by atoms with van der Waals surface area (Å²) in [7, 11) is 0. The van der Waals surface area contributed by atoms with Gasteiger partial charge in [0.25, 0.3) is 11.8 Å². The van der Waals surface area contributed by atoms with Gasteiger partial charge in [-0.2, -0.15) is 5.10 Å². The lowest BCUT2D eigenvalue weighted by Crippen LogP contribution is -2.44. The van der Waals surface area contributed by atoms with Gasteiger partial charge in [0, 0.05) is 18.8 Å². The Balaban J connectivity index is 1.48. The second kappa shape index (κ2) is 9.22. The van der Waals surface area contributed by atoms with E-state index >= 15 is 0 Å². The molecular weight excluding hydrogens is 426 g/mol. The van der Waals surface area contributed by atoms with E-state index in [4.69, 9.17) is 4.74 Å². The number of rotatable bonds is 6. The lowest BCUT2D eigenvalue weighted by molar-refractivity contribution is 0.0276. The number of aromatic nitrogens is 3. The summed E-state index contributed by atoms with van der Waals surface area (Å²) >= 11 is 1.51. The van der Waals surface area contributed by atoms with Crippen molar-refractivity contribution < 1.29 is 14.3 Å². The van der Waals surface area contributed by atoms with Crippen molar-refractivity contribution in [1.29, 1.82) is 0 Å². The molecule has 8 nitrogen and oxygen atoms in total. The van der Waals surface area contributed by atoms with Gasteiger partial charge in [-0.3, -0.25) is 14.3 Å². The topological polar surface area (TPSA) is 89.3 Å². The van der Waals surface area contributed by atoms with E-state index in [1.807, 2.05) is 45.9 Å². The van der Waals surface area contributed by atoms with E-state index in [9.17, 15) is 9.59 Å². The molecule has 3 aromatic rings. The molecule has 1 N–H and O–H groups in total. The standard InChI is InChI=1S/C23H27N5O3S/c1-14(2)28-13-18(11-25-28)22(29)24-12-19-27(8-9-31-19)23(30)20-21(32-16(4)26-20)17-7-5-6-15(3)10-17/h5-7,10-11,13-14,19H,8-9,12H2,1-4H3,(H,24,29). The van der Waals surface area contributed by atoms with Crippen LogP contribution in [0.25, 0.3) is 10.4 Å². The number of hydrogen-bond acceptors (Lipinski definition) is 6. The predicted molar refractivity (Wildman–Crippen MR) is 123 cm³/mol. The number of carbonyl (C=O) groups excluding carboxylic acids is 2. The maximum Gasteiger partial charge on any atom is 0.276 e. The summed E-state index contributed by atoms with van der Waals surface area (Å²) in [5.74, 6) is -0.431. The van der Waals surface area contributed by atoms with Crippen molar-refractivity contribution in [2.24, 2.45) is 0 Å². The Kier molecular flexibility index (Phi) is 6.38. The molecule has 0 bridgehead atoms. The van der Waals surface area contributed by atoms with E-state index in [0.29, 0.717) is 24.4 Å². The maximum absolute atomic E-state index is 13.4. The van der Waals surface area contributed by atoms with Gasteiger partial charge in [0.2, 0.25) is 0 Å². The summed E-state index contributed by atoms with van der Waals surface area (Å²) in [4.78, 5) is 33.0. The zero-order valence-electron chi connectivity index (χ0n) is 18.7. The number of benzene rings is 1. The van der Waals surface area contributed by atoms with Crippen LogP contribution in [-0.2, 0) is 4.74 Å². The molecular formula is C23H27N5O3S. The molecule has 168 valence electrons. The predicted octanol–water partition coefficient (Wildman–Crippen LogP) is 3.43. The number of amides is 2. The molecule has 1 aliphatic rings. The summed E-state index contributed by atoms with van der Waals surface area (Å²) in [5.41, 5.74) is 3.01. The average Bonchev–Trinajstić information content (AvgIpc) is 3.50. The molecule has 1 unspecified atom stereocenters. The molecule has 0 saturated carbocycles. The highest BCUT2D eigenvalue weighted by Gasteiger charge is 2.33. The number of carbonyl (C=O) groups is 2. The van der Waals surface area contributed by atoms with Crippen LogP contribution in [0, 0.1) is 13.8 Å². The Labute approximate surface area is 191 Å². The number of ether oxygens (including phenoxy) is 1. The Morgan fingerprint density at radius 1 is 1.31 bits per heavy atom. The first-order chi connectivity index (χ1) is 15.3. The minimum absolute atomic E-state index is 0.173. The van der Waals surface area contributed by atoms with Crippen LogP contribution in [0.3, 0.4) is 0 Å². The van der Waals surface area contributed by atoms with Crippen LogP contribution in [-0.4, -0.2) is 57.4 Å². The van der Waals surface area contributed by atoms with Gasteiger partial charge in [-0.15, -0.1) is 11.3 Å². The normalized spacial score (nSPS) is 16.0. The maximum atomic E-state index is 13.4. The summed E-state index contributed by atoms with van der Waals surface area (Å²) in [6.07, 6.45) is 2.71. The van der Waals surface area contributed by atoms with E-state index in [-0.39, 0.29) is 24.4 Å². The molecule has 1 fully saturated rings. The Bertz CT molecular complexity index is 1140. The Morgan fingerprint density at radius 2 is 2.12 bits per heavy atom. The van der Waals surface area contributed by atoms with Gasteiger partial charge >= 0.3 is 0 Å². The monoisotopic (exact) mass is 453 g/mol. The van der Waals surface area contributed by atoms with Crippen molar-refractivity contribution in [3.8, 4) is 10.4 Å². The van der Waals surface area contributed by atoms with Gasteiger partial charge in [-0.25, -0.2) is 4.98 Å². The number of aryl methyl sites for hydroxylation is 2. The van der Waals surface area contributed by atoms with Crippen molar-refractivity contribution in [2.75, 3.05) is 19.7 Å². The number of nitrogens with one attached hydrogen (secondary N) is 1. The fraction of sp³-hybridized carbons (Fsp3) is 0.391. The molecule has 2 amide bonds. The molecule has 0 spiro atoms. The molecule has 2 aromatic heterocycles. The first-order valence-electron chi connectivity index (χ1n) is 10.6. The fourth-order valence-corrected chi connectivity index (χ4v) is 4.54. The molecule has 1 aliphatic heterocycles. The second-order valence-electron chi connectivity index (χ2n) is 8.12. The third-order valence-electron chi connectivity index (χ3n) is 5.30. The summed E-state index contributed by atoms with van der Waals surface area (Å²) < 4.78 is 7.48. The van der Waals surface area contributed by atoms with Gasteiger partial charge in [-0.1, -0.05) is 29.8 Å². The third kappa shape index (κ3) is 4.58. The van der Waals surface area contributed by atoms with Gasteiger partial charge < -0.3 is 15.0 Å². The lowest BCUT2D eigenvalue weighted by Gasteiger charge is -2.23. The van der Waals surface area contributed by atoms with Crippen LogP contribution in [0.1, 0.15) is 51.3 Å². The Hall–Kier alpha value is -3.04. The summed E-state index contributed by atoms with van der Waals surface area (Å²) in [5, 5.41) is 7.89. The zero-order chi connectivity index (χ0) is 22.8. The SMILES string of the molecule is Cc1cccc(-c2sc(C)nc2C(=O)N2CCOC2CNC(=O)c2cnn(C(C)C)c2)c1. The van der Waals surface area contributed by atoms with Crippen molar-refractivity contribution in [3.63, 3.8) is 0 Å². The Morgan fingerprint density at radius 3 is 2.84 bits per heavy atom. The van der Waals surface area contributed by atoms with E-state index in [1.165, 1.54) is 11.3 Å². The second-order valence-corrected chi connectivity index (χ2v) is 9.32. The van der Waals surface area contributed by atoms with Crippen LogP contribution in [0.2, 0.25) is 0 Å². The highest BCUT2D eigenvalue weighted by molar-refractivity contribution is 7.15. The average molecular weight is 454 g/mol.